The number of thiocarbonyl (C=S) groups is 1. The molecule has 0 aromatic heterocycles. The van der Waals surface area contributed by atoms with Crippen LogP contribution >= 0.6 is 35.7 Å². The van der Waals surface area contributed by atoms with Gasteiger partial charge in [0.25, 0.3) is 0 Å². The number of carboxylic acids is 1. The molecule has 0 saturated heterocycles. The summed E-state index contributed by atoms with van der Waals surface area (Å²) in [6.07, 6.45) is 9.42. The molecule has 0 aliphatic heterocycles. The van der Waals surface area contributed by atoms with Crippen LogP contribution in [-0.4, -0.2) is 61.9 Å². The maximum absolute atomic E-state index is 11.8. The lowest BCUT2D eigenvalue weighted by molar-refractivity contribution is -0.142. The van der Waals surface area contributed by atoms with E-state index in [4.69, 9.17) is 12.2 Å². The second kappa shape index (κ2) is 19.7. The van der Waals surface area contributed by atoms with Gasteiger partial charge in [-0.25, -0.2) is 0 Å². The Labute approximate surface area is 199 Å². The number of aliphatic hydroxyl groups excluding tert-OH is 1. The molecule has 0 aromatic rings. The molecule has 0 radical (unpaired) electrons. The highest BCUT2D eigenvalue weighted by molar-refractivity contribution is 8.22. The summed E-state index contributed by atoms with van der Waals surface area (Å²) in [6, 6.07) is 0. The molecule has 0 rings (SSSR count). The van der Waals surface area contributed by atoms with Crippen molar-refractivity contribution in [3.63, 3.8) is 0 Å². The quantitative estimate of drug-likeness (QED) is 0.166. The minimum absolute atomic E-state index is 0.228. The average Bonchev–Trinajstić information content (AvgIpc) is 2.73. The van der Waals surface area contributed by atoms with Gasteiger partial charge in [0.15, 0.2) is 0 Å². The highest BCUT2D eigenvalue weighted by atomic mass is 32.2. The van der Waals surface area contributed by atoms with Gasteiger partial charge < -0.3 is 15.1 Å². The van der Waals surface area contributed by atoms with Gasteiger partial charge in [0.2, 0.25) is 0 Å². The fourth-order valence-corrected chi connectivity index (χ4v) is 5.93. The van der Waals surface area contributed by atoms with Crippen molar-refractivity contribution < 1.29 is 15.0 Å². The van der Waals surface area contributed by atoms with Gasteiger partial charge >= 0.3 is 5.97 Å². The van der Waals surface area contributed by atoms with Crippen LogP contribution in [0.5, 0.6) is 0 Å². The number of aliphatic hydroxyl groups is 1. The van der Waals surface area contributed by atoms with E-state index >= 15 is 0 Å². The van der Waals surface area contributed by atoms with Crippen LogP contribution in [0.4, 0.5) is 0 Å². The number of hydrogen-bond donors (Lipinski definition) is 2. The second-order valence-electron chi connectivity index (χ2n) is 8.07. The van der Waals surface area contributed by atoms with Crippen molar-refractivity contribution in [1.82, 2.24) is 4.90 Å². The molecule has 0 saturated carbocycles. The Morgan fingerprint density at radius 1 is 0.933 bits per heavy atom. The third-order valence-corrected chi connectivity index (χ3v) is 8.30. The Balaban J connectivity index is 4.39. The number of unbranched alkanes of at least 4 members (excludes halogenated alkanes) is 4. The first-order valence-corrected chi connectivity index (χ1v) is 14.4. The molecule has 178 valence electrons. The molecule has 0 aliphatic rings. The molecule has 0 aromatic carbocycles. The molecule has 0 bridgehead atoms. The monoisotopic (exact) mass is 479 g/mol. The number of carbonyl (C=O) groups is 1. The van der Waals surface area contributed by atoms with Crippen LogP contribution in [-0.2, 0) is 4.79 Å². The maximum atomic E-state index is 11.8. The summed E-state index contributed by atoms with van der Waals surface area (Å²) in [7, 11) is 0. The van der Waals surface area contributed by atoms with Crippen molar-refractivity contribution in [2.75, 3.05) is 30.3 Å². The van der Waals surface area contributed by atoms with Gasteiger partial charge in [0, 0.05) is 30.3 Å². The molecule has 0 fully saturated rings. The number of rotatable bonds is 19. The third kappa shape index (κ3) is 14.2. The lowest BCUT2D eigenvalue weighted by Gasteiger charge is -2.25. The lowest BCUT2D eigenvalue weighted by atomic mass is 9.87. The van der Waals surface area contributed by atoms with E-state index in [2.05, 4.69) is 32.6 Å². The Kier molecular flexibility index (Phi) is 19.7. The van der Waals surface area contributed by atoms with Gasteiger partial charge in [-0.1, -0.05) is 90.2 Å². The zero-order chi connectivity index (χ0) is 22.8. The van der Waals surface area contributed by atoms with Crippen LogP contribution < -0.4 is 0 Å². The summed E-state index contributed by atoms with van der Waals surface area (Å²) in [5.41, 5.74) is 0. The Hall–Kier alpha value is 0.0200. The Morgan fingerprint density at radius 2 is 1.53 bits per heavy atom. The number of thioether (sulfide) groups is 2. The summed E-state index contributed by atoms with van der Waals surface area (Å²) >= 11 is 8.73. The minimum Gasteiger partial charge on any atom is -0.481 e. The van der Waals surface area contributed by atoms with Gasteiger partial charge in [0.05, 0.1) is 12.0 Å². The molecule has 4 nitrogen and oxygen atoms in total. The predicted octanol–water partition coefficient (Wildman–Crippen LogP) is 6.31. The van der Waals surface area contributed by atoms with Crippen LogP contribution in [0.2, 0.25) is 0 Å². The fraction of sp³-hybridized carbons (Fsp3) is 0.913. The van der Waals surface area contributed by atoms with E-state index in [-0.39, 0.29) is 11.8 Å². The van der Waals surface area contributed by atoms with Crippen molar-refractivity contribution in [2.45, 2.75) is 91.6 Å². The van der Waals surface area contributed by atoms with E-state index in [1.807, 2.05) is 0 Å². The van der Waals surface area contributed by atoms with Crippen LogP contribution in [0.15, 0.2) is 0 Å². The first-order chi connectivity index (χ1) is 14.4. The molecule has 0 heterocycles. The van der Waals surface area contributed by atoms with Crippen LogP contribution in [0, 0.1) is 11.8 Å². The summed E-state index contributed by atoms with van der Waals surface area (Å²) < 4.78 is 0.881. The van der Waals surface area contributed by atoms with Gasteiger partial charge in [-0.05, 0) is 25.2 Å². The van der Waals surface area contributed by atoms with E-state index < -0.39 is 12.1 Å². The van der Waals surface area contributed by atoms with Crippen LogP contribution in [0.3, 0.4) is 0 Å². The Bertz CT molecular complexity index is 443. The normalized spacial score (nSPS) is 14.3. The third-order valence-electron chi connectivity index (χ3n) is 5.42. The molecular weight excluding hydrogens is 434 g/mol. The molecule has 3 atom stereocenters. The average molecular weight is 480 g/mol. The second-order valence-corrected chi connectivity index (χ2v) is 10.8. The fourth-order valence-electron chi connectivity index (χ4n) is 3.39. The highest BCUT2D eigenvalue weighted by Gasteiger charge is 2.26. The predicted molar refractivity (Wildman–Crippen MR) is 139 cm³/mol. The van der Waals surface area contributed by atoms with E-state index in [1.165, 1.54) is 6.42 Å². The molecular formula is C23H45NO3S3. The van der Waals surface area contributed by atoms with Crippen LogP contribution in [0.25, 0.3) is 0 Å². The number of nitrogens with zero attached hydrogens (tertiary/aromatic N) is 1. The van der Waals surface area contributed by atoms with Crippen molar-refractivity contribution in [3.8, 4) is 0 Å². The lowest BCUT2D eigenvalue weighted by Crippen LogP contribution is -2.31. The molecule has 7 heteroatoms. The van der Waals surface area contributed by atoms with E-state index in [1.54, 1.807) is 23.5 Å². The van der Waals surface area contributed by atoms with E-state index in [0.29, 0.717) is 17.3 Å². The summed E-state index contributed by atoms with van der Waals surface area (Å²) in [6.45, 7) is 10.6. The zero-order valence-corrected chi connectivity index (χ0v) is 22.1. The van der Waals surface area contributed by atoms with Crippen molar-refractivity contribution in [3.05, 3.63) is 0 Å². The van der Waals surface area contributed by atoms with E-state index in [9.17, 15) is 15.0 Å². The minimum atomic E-state index is -0.696. The van der Waals surface area contributed by atoms with Gasteiger partial charge in [-0.2, -0.15) is 11.8 Å². The maximum Gasteiger partial charge on any atom is 0.307 e. The van der Waals surface area contributed by atoms with Gasteiger partial charge in [-0.15, -0.1) is 0 Å². The van der Waals surface area contributed by atoms with E-state index in [0.717, 1.165) is 68.8 Å². The van der Waals surface area contributed by atoms with Gasteiger partial charge in [-0.3, -0.25) is 4.79 Å². The molecule has 0 aliphatic carbocycles. The SMILES string of the molecule is CCCCCC(CC)C(CSCC(O)CSC(=S)N(CCCC)CCCC)C(=O)O. The smallest absolute Gasteiger partial charge is 0.307 e. The number of carboxylic acid groups (broad SMARTS) is 1. The molecule has 30 heavy (non-hydrogen) atoms. The molecule has 2 N–H and O–H groups in total. The van der Waals surface area contributed by atoms with Crippen molar-refractivity contribution >= 4 is 46.0 Å². The topological polar surface area (TPSA) is 60.8 Å². The summed E-state index contributed by atoms with van der Waals surface area (Å²) in [4.78, 5) is 14.0. The molecule has 0 amide bonds. The Morgan fingerprint density at radius 3 is 2.03 bits per heavy atom. The van der Waals surface area contributed by atoms with Crippen molar-refractivity contribution in [1.29, 1.82) is 0 Å². The van der Waals surface area contributed by atoms with Crippen molar-refractivity contribution in [2.24, 2.45) is 11.8 Å². The summed E-state index contributed by atoms with van der Waals surface area (Å²) in [5.74, 6) is 0.924. The summed E-state index contributed by atoms with van der Waals surface area (Å²) in [5, 5.41) is 20.1. The molecule has 0 spiro atoms. The zero-order valence-electron chi connectivity index (χ0n) is 19.6. The number of hydrogen-bond acceptors (Lipinski definition) is 5. The molecule has 3 unspecified atom stereocenters. The number of aliphatic carboxylic acids is 1. The first-order valence-electron chi connectivity index (χ1n) is 11.8. The largest absolute Gasteiger partial charge is 0.481 e. The standard InChI is InChI=1S/C23H45NO3S3/c1-5-9-12-13-19(8-4)21(22(26)27)18-29-16-20(25)17-30-23(28)24(14-10-6-2)15-11-7-3/h19-21,25H,5-18H2,1-4H3,(H,26,27). The highest BCUT2D eigenvalue weighted by Crippen LogP contribution is 2.27. The van der Waals surface area contributed by atoms with Crippen LogP contribution in [0.1, 0.15) is 85.5 Å². The van der Waals surface area contributed by atoms with Gasteiger partial charge in [0.1, 0.15) is 4.32 Å². The first kappa shape index (κ1) is 30.0.